The van der Waals surface area contributed by atoms with Gasteiger partial charge in [0.25, 0.3) is 0 Å². The number of hydrogen-bond donors (Lipinski definition) is 2. The minimum atomic E-state index is -0.306. The summed E-state index contributed by atoms with van der Waals surface area (Å²) < 4.78 is 5.59. The van der Waals surface area contributed by atoms with E-state index in [4.69, 9.17) is 4.74 Å². The quantitative estimate of drug-likeness (QED) is 0.754. The number of urea groups is 1. The van der Waals surface area contributed by atoms with Gasteiger partial charge in [0.1, 0.15) is 5.75 Å². The van der Waals surface area contributed by atoms with Crippen LogP contribution in [0.15, 0.2) is 66.7 Å². The lowest BCUT2D eigenvalue weighted by molar-refractivity contribution is 0.262. The first-order valence-electron chi connectivity index (χ1n) is 7.40. The molecule has 0 aliphatic rings. The Bertz CT molecular complexity index is 803. The Morgan fingerprint density at radius 3 is 2.12 bits per heavy atom. The van der Waals surface area contributed by atoms with Crippen molar-refractivity contribution in [2.75, 3.05) is 10.6 Å². The maximum Gasteiger partial charge on any atom is 0.323 e. The fourth-order valence-corrected chi connectivity index (χ4v) is 1.98. The molecule has 0 radical (unpaired) electrons. The van der Waals surface area contributed by atoms with Crippen LogP contribution in [0.1, 0.15) is 5.69 Å². The first-order valence-corrected chi connectivity index (χ1v) is 7.40. The molecule has 3 rings (SSSR count). The number of ether oxygens (including phenoxy) is 1. The van der Waals surface area contributed by atoms with Crippen molar-refractivity contribution in [1.82, 2.24) is 10.2 Å². The van der Waals surface area contributed by atoms with Crippen LogP contribution in [0.25, 0.3) is 0 Å². The van der Waals surface area contributed by atoms with Crippen molar-refractivity contribution in [1.29, 1.82) is 0 Å². The molecule has 0 fully saturated rings. The first-order chi connectivity index (χ1) is 11.7. The summed E-state index contributed by atoms with van der Waals surface area (Å²) in [4.78, 5) is 11.9. The summed E-state index contributed by atoms with van der Waals surface area (Å²) in [6, 6.07) is 19.5. The van der Waals surface area contributed by atoms with Gasteiger partial charge in [-0.3, -0.25) is 0 Å². The monoisotopic (exact) mass is 320 g/mol. The number of aromatic nitrogens is 2. The molecule has 0 aliphatic heterocycles. The Kier molecular flexibility index (Phi) is 4.67. The number of aryl methyl sites for hydroxylation is 1. The fraction of sp³-hybridized carbons (Fsp3) is 0.0556. The van der Waals surface area contributed by atoms with Crippen LogP contribution in [0, 0.1) is 6.92 Å². The third-order valence-electron chi connectivity index (χ3n) is 3.14. The molecule has 0 spiro atoms. The Morgan fingerprint density at radius 2 is 1.50 bits per heavy atom. The lowest BCUT2D eigenvalue weighted by atomic mass is 10.3. The van der Waals surface area contributed by atoms with Gasteiger partial charge in [-0.1, -0.05) is 18.2 Å². The highest BCUT2D eigenvalue weighted by Crippen LogP contribution is 2.21. The maximum absolute atomic E-state index is 11.9. The number of anilines is 2. The molecule has 1 heterocycles. The van der Waals surface area contributed by atoms with Crippen molar-refractivity contribution in [3.63, 3.8) is 0 Å². The first kappa shape index (κ1) is 15.5. The fourth-order valence-electron chi connectivity index (χ4n) is 1.98. The molecule has 2 aromatic carbocycles. The highest BCUT2D eigenvalue weighted by Gasteiger charge is 2.04. The molecule has 3 aromatic rings. The van der Waals surface area contributed by atoms with E-state index in [1.54, 1.807) is 30.3 Å². The summed E-state index contributed by atoms with van der Waals surface area (Å²) in [7, 11) is 0. The molecule has 2 amide bonds. The molecule has 6 nitrogen and oxygen atoms in total. The molecule has 0 bridgehead atoms. The van der Waals surface area contributed by atoms with Gasteiger partial charge in [0.15, 0.2) is 0 Å². The summed E-state index contributed by atoms with van der Waals surface area (Å²) >= 11 is 0. The van der Waals surface area contributed by atoms with E-state index in [0.29, 0.717) is 17.3 Å². The predicted molar refractivity (Wildman–Crippen MR) is 92.4 cm³/mol. The van der Waals surface area contributed by atoms with Gasteiger partial charge in [0, 0.05) is 17.4 Å². The summed E-state index contributed by atoms with van der Waals surface area (Å²) in [5, 5.41) is 13.4. The van der Waals surface area contributed by atoms with Gasteiger partial charge in [-0.25, -0.2) is 4.79 Å². The zero-order valence-corrected chi connectivity index (χ0v) is 13.1. The zero-order valence-electron chi connectivity index (χ0n) is 13.1. The molecule has 2 N–H and O–H groups in total. The number of para-hydroxylation sites is 1. The number of nitrogens with one attached hydrogen (secondary N) is 2. The van der Waals surface area contributed by atoms with Crippen molar-refractivity contribution >= 4 is 17.4 Å². The van der Waals surface area contributed by atoms with Gasteiger partial charge in [-0.15, -0.1) is 5.10 Å². The minimum absolute atomic E-state index is 0.306. The standard InChI is InChI=1S/C18H16N4O2/c1-13-7-12-17(22-21-13)24-16-10-8-15(9-11-16)20-18(23)19-14-5-3-2-4-6-14/h2-12H,1H3,(H2,19,20,23). The smallest absolute Gasteiger partial charge is 0.323 e. The lowest BCUT2D eigenvalue weighted by Gasteiger charge is -2.08. The number of carbonyl (C=O) groups excluding carboxylic acids is 1. The number of hydrogen-bond acceptors (Lipinski definition) is 4. The molecule has 0 unspecified atom stereocenters. The van der Waals surface area contributed by atoms with Gasteiger partial charge in [-0.05, 0) is 49.4 Å². The average molecular weight is 320 g/mol. The predicted octanol–water partition coefficient (Wildman–Crippen LogP) is 4.22. The Hall–Kier alpha value is -3.41. The Labute approximate surface area is 139 Å². The second-order valence-electron chi connectivity index (χ2n) is 5.08. The Balaban J connectivity index is 1.58. The largest absolute Gasteiger partial charge is 0.438 e. The number of amides is 2. The van der Waals surface area contributed by atoms with E-state index in [0.717, 1.165) is 11.4 Å². The van der Waals surface area contributed by atoms with E-state index in [2.05, 4.69) is 20.8 Å². The van der Waals surface area contributed by atoms with Crippen molar-refractivity contribution in [2.24, 2.45) is 0 Å². The normalized spacial score (nSPS) is 10.0. The van der Waals surface area contributed by atoms with E-state index < -0.39 is 0 Å². The third-order valence-corrected chi connectivity index (χ3v) is 3.14. The summed E-state index contributed by atoms with van der Waals surface area (Å²) in [5.41, 5.74) is 2.21. The molecule has 0 saturated heterocycles. The highest BCUT2D eigenvalue weighted by molar-refractivity contribution is 5.99. The number of benzene rings is 2. The number of carbonyl (C=O) groups is 1. The van der Waals surface area contributed by atoms with Gasteiger partial charge in [0.2, 0.25) is 5.88 Å². The number of rotatable bonds is 4. The van der Waals surface area contributed by atoms with Gasteiger partial charge in [0.05, 0.1) is 5.69 Å². The topological polar surface area (TPSA) is 76.1 Å². The van der Waals surface area contributed by atoms with Gasteiger partial charge < -0.3 is 15.4 Å². The molecule has 24 heavy (non-hydrogen) atoms. The van der Waals surface area contributed by atoms with Gasteiger partial charge in [-0.2, -0.15) is 5.10 Å². The van der Waals surface area contributed by atoms with Crippen LogP contribution in [-0.2, 0) is 0 Å². The van der Waals surface area contributed by atoms with Crippen LogP contribution in [0.2, 0.25) is 0 Å². The van der Waals surface area contributed by atoms with E-state index in [9.17, 15) is 4.79 Å². The Morgan fingerprint density at radius 1 is 0.833 bits per heavy atom. The number of nitrogens with zero attached hydrogens (tertiary/aromatic N) is 2. The minimum Gasteiger partial charge on any atom is -0.438 e. The average Bonchev–Trinajstić information content (AvgIpc) is 2.59. The maximum atomic E-state index is 11.9. The van der Waals surface area contributed by atoms with E-state index in [1.165, 1.54) is 0 Å². The van der Waals surface area contributed by atoms with Crippen LogP contribution in [-0.4, -0.2) is 16.2 Å². The third kappa shape index (κ3) is 4.30. The molecule has 120 valence electrons. The zero-order chi connectivity index (χ0) is 16.8. The molecule has 6 heteroatoms. The second kappa shape index (κ2) is 7.23. The lowest BCUT2D eigenvalue weighted by Crippen LogP contribution is -2.19. The van der Waals surface area contributed by atoms with Crippen LogP contribution in [0.5, 0.6) is 11.6 Å². The van der Waals surface area contributed by atoms with Crippen LogP contribution >= 0.6 is 0 Å². The molecule has 1 aromatic heterocycles. The van der Waals surface area contributed by atoms with Crippen LogP contribution < -0.4 is 15.4 Å². The van der Waals surface area contributed by atoms with Crippen molar-refractivity contribution < 1.29 is 9.53 Å². The van der Waals surface area contributed by atoms with Gasteiger partial charge >= 0.3 is 6.03 Å². The SMILES string of the molecule is Cc1ccc(Oc2ccc(NC(=O)Nc3ccccc3)cc2)nn1. The van der Waals surface area contributed by atoms with Crippen LogP contribution in [0.3, 0.4) is 0 Å². The summed E-state index contributed by atoms with van der Waals surface area (Å²) in [6.45, 7) is 1.86. The molecule has 0 atom stereocenters. The highest BCUT2D eigenvalue weighted by atomic mass is 16.5. The summed E-state index contributed by atoms with van der Waals surface area (Å²) in [5.74, 6) is 1.03. The van der Waals surface area contributed by atoms with E-state index in [-0.39, 0.29) is 6.03 Å². The molecular formula is C18H16N4O2. The van der Waals surface area contributed by atoms with Crippen molar-refractivity contribution in [3.8, 4) is 11.6 Å². The van der Waals surface area contributed by atoms with E-state index >= 15 is 0 Å². The summed E-state index contributed by atoms with van der Waals surface area (Å²) in [6.07, 6.45) is 0. The molecular weight excluding hydrogens is 304 g/mol. The second-order valence-corrected chi connectivity index (χ2v) is 5.08. The van der Waals surface area contributed by atoms with Crippen molar-refractivity contribution in [2.45, 2.75) is 6.92 Å². The molecule has 0 saturated carbocycles. The van der Waals surface area contributed by atoms with Crippen molar-refractivity contribution in [3.05, 3.63) is 72.4 Å². The van der Waals surface area contributed by atoms with E-state index in [1.807, 2.05) is 43.3 Å². The molecule has 0 aliphatic carbocycles. The van der Waals surface area contributed by atoms with Crippen LogP contribution in [0.4, 0.5) is 16.2 Å².